The zero-order chi connectivity index (χ0) is 22.8. The van der Waals surface area contributed by atoms with E-state index >= 15 is 0 Å². The van der Waals surface area contributed by atoms with Crippen LogP contribution in [0.15, 0.2) is 60.9 Å². The fourth-order valence-electron chi connectivity index (χ4n) is 4.08. The molecule has 2 aromatic carbocycles. The molecule has 4 aromatic rings. The van der Waals surface area contributed by atoms with Crippen molar-refractivity contribution in [3.63, 3.8) is 0 Å². The lowest BCUT2D eigenvalue weighted by Gasteiger charge is -2.18. The minimum absolute atomic E-state index is 0.173. The van der Waals surface area contributed by atoms with Crippen LogP contribution in [0.4, 0.5) is 4.39 Å². The van der Waals surface area contributed by atoms with Crippen molar-refractivity contribution in [3.05, 3.63) is 83.6 Å². The maximum absolute atomic E-state index is 14.9. The zero-order valence-electron chi connectivity index (χ0n) is 18.2. The average Bonchev–Trinajstić information content (AvgIpc) is 2.79. The van der Waals surface area contributed by atoms with Gasteiger partial charge < -0.3 is 10.4 Å². The molecule has 0 bridgehead atoms. The highest BCUT2D eigenvalue weighted by atomic mass is 19.1. The second kappa shape index (κ2) is 8.85. The Morgan fingerprint density at radius 1 is 1.09 bits per heavy atom. The van der Waals surface area contributed by atoms with E-state index in [1.165, 1.54) is 6.07 Å². The fourth-order valence-corrected chi connectivity index (χ4v) is 4.08. The predicted molar refractivity (Wildman–Crippen MR) is 124 cm³/mol. The quantitative estimate of drug-likeness (QED) is 0.477. The van der Waals surface area contributed by atoms with Gasteiger partial charge in [0.2, 0.25) is 0 Å². The summed E-state index contributed by atoms with van der Waals surface area (Å²) in [5.41, 5.74) is 5.77. The van der Waals surface area contributed by atoms with Crippen molar-refractivity contribution in [2.24, 2.45) is 0 Å². The van der Waals surface area contributed by atoms with Crippen LogP contribution in [0.1, 0.15) is 28.5 Å². The molecule has 0 aliphatic carbocycles. The minimum Gasteiger partial charge on any atom is -0.394 e. The molecule has 1 atom stereocenters. The Labute approximate surface area is 186 Å². The molecule has 4 rings (SSSR count). The molecule has 2 heterocycles. The van der Waals surface area contributed by atoms with Crippen molar-refractivity contribution < 1.29 is 14.3 Å². The Hall–Kier alpha value is -3.64. The zero-order valence-corrected chi connectivity index (χ0v) is 18.2. The summed E-state index contributed by atoms with van der Waals surface area (Å²) >= 11 is 0. The first-order valence-electron chi connectivity index (χ1n) is 10.4. The van der Waals surface area contributed by atoms with Gasteiger partial charge in [-0.05, 0) is 78.9 Å². The van der Waals surface area contributed by atoms with E-state index in [1.54, 1.807) is 43.6 Å². The molecule has 2 N–H and O–H groups in total. The molecule has 2 aromatic heterocycles. The number of halogens is 1. The standard InChI is InChI=1S/C26H24FN3O2/c1-15-12-22-25(17(3)24(15)18-8-10-28-11-9-18)20(19-6-4-5-7-21(19)27)13-23(30-22)26(32)29-16(2)14-31/h4-13,16,31H,14H2,1-3H3,(H,29,32)/t16-/m1/s1. The lowest BCUT2D eigenvalue weighted by molar-refractivity contribution is 0.0917. The van der Waals surface area contributed by atoms with Gasteiger partial charge in [0.1, 0.15) is 11.5 Å². The highest BCUT2D eigenvalue weighted by molar-refractivity contribution is 6.05. The molecule has 0 saturated heterocycles. The lowest BCUT2D eigenvalue weighted by atomic mass is 9.89. The number of carbonyl (C=O) groups is 1. The Balaban J connectivity index is 2.03. The summed E-state index contributed by atoms with van der Waals surface area (Å²) < 4.78 is 14.9. The second-order valence-corrected chi connectivity index (χ2v) is 7.92. The van der Waals surface area contributed by atoms with Gasteiger partial charge in [-0.25, -0.2) is 9.37 Å². The second-order valence-electron chi connectivity index (χ2n) is 7.92. The number of aryl methyl sites for hydroxylation is 2. The number of benzene rings is 2. The summed E-state index contributed by atoms with van der Waals surface area (Å²) in [6, 6.07) is 13.5. The molecule has 0 unspecified atom stereocenters. The fraction of sp³-hybridized carbons (Fsp3) is 0.192. The molecular formula is C26H24FN3O2. The molecule has 5 nitrogen and oxygen atoms in total. The van der Waals surface area contributed by atoms with Crippen LogP contribution in [0.2, 0.25) is 0 Å². The monoisotopic (exact) mass is 429 g/mol. The molecule has 0 radical (unpaired) electrons. The Kier molecular flexibility index (Phi) is 5.97. The molecule has 0 saturated carbocycles. The van der Waals surface area contributed by atoms with Crippen LogP contribution < -0.4 is 5.32 Å². The SMILES string of the molecule is Cc1cc2nc(C(=O)N[C@H](C)CO)cc(-c3ccccc3F)c2c(C)c1-c1ccncc1. The number of aliphatic hydroxyl groups is 1. The van der Waals surface area contributed by atoms with Crippen LogP contribution in [-0.2, 0) is 0 Å². The van der Waals surface area contributed by atoms with Crippen LogP contribution in [0.25, 0.3) is 33.2 Å². The number of hydrogen-bond donors (Lipinski definition) is 2. The van der Waals surface area contributed by atoms with Gasteiger partial charge in [-0.1, -0.05) is 18.2 Å². The van der Waals surface area contributed by atoms with E-state index in [2.05, 4.69) is 15.3 Å². The van der Waals surface area contributed by atoms with Gasteiger partial charge in [0, 0.05) is 29.4 Å². The number of nitrogens with one attached hydrogen (secondary N) is 1. The number of nitrogens with zero attached hydrogens (tertiary/aromatic N) is 2. The molecule has 0 aliphatic rings. The number of aromatic nitrogens is 2. The highest BCUT2D eigenvalue weighted by Gasteiger charge is 2.20. The molecule has 32 heavy (non-hydrogen) atoms. The van der Waals surface area contributed by atoms with Gasteiger partial charge in [0.05, 0.1) is 12.1 Å². The first kappa shape index (κ1) is 21.6. The highest BCUT2D eigenvalue weighted by Crippen LogP contribution is 2.38. The van der Waals surface area contributed by atoms with Crippen molar-refractivity contribution >= 4 is 16.8 Å². The summed E-state index contributed by atoms with van der Waals surface area (Å²) in [6.45, 7) is 5.50. The topological polar surface area (TPSA) is 75.1 Å². The number of hydrogen-bond acceptors (Lipinski definition) is 4. The van der Waals surface area contributed by atoms with E-state index < -0.39 is 11.9 Å². The number of carbonyl (C=O) groups excluding carboxylic acids is 1. The first-order valence-corrected chi connectivity index (χ1v) is 10.4. The normalized spacial score (nSPS) is 12.0. The van der Waals surface area contributed by atoms with E-state index in [1.807, 2.05) is 32.0 Å². The molecular weight excluding hydrogens is 405 g/mol. The summed E-state index contributed by atoms with van der Waals surface area (Å²) in [7, 11) is 0. The van der Waals surface area contributed by atoms with Crippen molar-refractivity contribution in [2.75, 3.05) is 6.61 Å². The Bertz CT molecular complexity index is 1310. The minimum atomic E-state index is -0.422. The van der Waals surface area contributed by atoms with Gasteiger partial charge in [0.25, 0.3) is 5.91 Å². The summed E-state index contributed by atoms with van der Waals surface area (Å²) in [5, 5.41) is 12.8. The van der Waals surface area contributed by atoms with Crippen LogP contribution in [0, 0.1) is 19.7 Å². The van der Waals surface area contributed by atoms with E-state index in [9.17, 15) is 14.3 Å². The Morgan fingerprint density at radius 3 is 2.50 bits per heavy atom. The van der Waals surface area contributed by atoms with Crippen molar-refractivity contribution in [2.45, 2.75) is 26.8 Å². The van der Waals surface area contributed by atoms with Gasteiger partial charge >= 0.3 is 0 Å². The summed E-state index contributed by atoms with van der Waals surface area (Å²) in [4.78, 5) is 21.5. The van der Waals surface area contributed by atoms with E-state index in [0.717, 1.165) is 27.6 Å². The summed E-state index contributed by atoms with van der Waals surface area (Å²) in [5.74, 6) is -0.792. The third-order valence-corrected chi connectivity index (χ3v) is 5.56. The van der Waals surface area contributed by atoms with Gasteiger partial charge in [0.15, 0.2) is 0 Å². The first-order chi connectivity index (χ1) is 15.4. The average molecular weight is 429 g/mol. The number of fused-ring (bicyclic) bond motifs is 1. The van der Waals surface area contributed by atoms with Crippen molar-refractivity contribution in [3.8, 4) is 22.3 Å². The molecule has 0 aliphatic heterocycles. The maximum atomic E-state index is 14.9. The molecule has 0 fully saturated rings. The largest absolute Gasteiger partial charge is 0.394 e. The lowest BCUT2D eigenvalue weighted by Crippen LogP contribution is -2.35. The number of pyridine rings is 2. The third kappa shape index (κ3) is 3.97. The van der Waals surface area contributed by atoms with E-state index in [4.69, 9.17) is 0 Å². The smallest absolute Gasteiger partial charge is 0.270 e. The molecule has 0 spiro atoms. The van der Waals surface area contributed by atoms with Crippen LogP contribution in [0.5, 0.6) is 0 Å². The van der Waals surface area contributed by atoms with Crippen LogP contribution in [0.3, 0.4) is 0 Å². The van der Waals surface area contributed by atoms with Gasteiger partial charge in [-0.3, -0.25) is 9.78 Å². The van der Waals surface area contributed by atoms with E-state index in [0.29, 0.717) is 16.6 Å². The molecule has 1 amide bonds. The van der Waals surface area contributed by atoms with Crippen LogP contribution >= 0.6 is 0 Å². The van der Waals surface area contributed by atoms with Crippen molar-refractivity contribution in [1.82, 2.24) is 15.3 Å². The van der Waals surface area contributed by atoms with Gasteiger partial charge in [-0.15, -0.1) is 0 Å². The van der Waals surface area contributed by atoms with Gasteiger partial charge in [-0.2, -0.15) is 0 Å². The predicted octanol–water partition coefficient (Wildman–Crippen LogP) is 4.83. The van der Waals surface area contributed by atoms with Crippen molar-refractivity contribution in [1.29, 1.82) is 0 Å². The third-order valence-electron chi connectivity index (χ3n) is 5.56. The number of aliphatic hydroxyl groups excluding tert-OH is 1. The number of rotatable bonds is 5. The van der Waals surface area contributed by atoms with E-state index in [-0.39, 0.29) is 18.1 Å². The Morgan fingerprint density at radius 2 is 1.81 bits per heavy atom. The summed E-state index contributed by atoms with van der Waals surface area (Å²) in [6.07, 6.45) is 3.48. The maximum Gasteiger partial charge on any atom is 0.270 e. The van der Waals surface area contributed by atoms with Crippen LogP contribution in [-0.4, -0.2) is 33.6 Å². The molecule has 162 valence electrons. The number of amides is 1. The molecule has 6 heteroatoms.